The second-order valence-electron chi connectivity index (χ2n) is 6.48. The van der Waals surface area contributed by atoms with Crippen molar-refractivity contribution in [3.63, 3.8) is 0 Å². The Morgan fingerprint density at radius 3 is 2.54 bits per heavy atom. The number of carbonyl (C=O) groups is 2. The third-order valence-electron chi connectivity index (χ3n) is 4.86. The topological polar surface area (TPSA) is 74.6 Å². The molecule has 2 aromatic rings. The Labute approximate surface area is 151 Å². The highest BCUT2D eigenvalue weighted by Crippen LogP contribution is 2.29. The summed E-state index contributed by atoms with van der Waals surface area (Å²) < 4.78 is 18.7. The standard InChI is InChI=1S/C19H22FN3O3/c1-13-16(6-11-26-13)17(24)23-9-7-19(8-10-23,18(25)21-2)22-15-5-3-4-14(20)12-15/h3-6,11-12,22H,7-10H2,1-2H3,(H,21,25). The maximum Gasteiger partial charge on any atom is 0.257 e. The second kappa shape index (κ2) is 7.19. The molecule has 6 nitrogen and oxygen atoms in total. The van der Waals surface area contributed by atoms with E-state index in [0.717, 1.165) is 0 Å². The van der Waals surface area contributed by atoms with Gasteiger partial charge in [0.2, 0.25) is 5.91 Å². The molecular formula is C19H22FN3O3. The van der Waals surface area contributed by atoms with Crippen LogP contribution in [0, 0.1) is 12.7 Å². The average molecular weight is 359 g/mol. The minimum atomic E-state index is -0.884. The maximum absolute atomic E-state index is 13.5. The summed E-state index contributed by atoms with van der Waals surface area (Å²) in [5.74, 6) is -0.0676. The third kappa shape index (κ3) is 3.42. The number of anilines is 1. The predicted octanol–water partition coefficient (Wildman–Crippen LogP) is 2.56. The van der Waals surface area contributed by atoms with Gasteiger partial charge in [-0.15, -0.1) is 0 Å². The zero-order chi connectivity index (χ0) is 18.7. The van der Waals surface area contributed by atoms with Crippen LogP contribution in [0.5, 0.6) is 0 Å². The highest BCUT2D eigenvalue weighted by Gasteiger charge is 2.42. The number of halogens is 1. The minimum absolute atomic E-state index is 0.104. The van der Waals surface area contributed by atoms with E-state index in [0.29, 0.717) is 42.9 Å². The minimum Gasteiger partial charge on any atom is -0.469 e. The Morgan fingerprint density at radius 2 is 1.96 bits per heavy atom. The fourth-order valence-corrected chi connectivity index (χ4v) is 3.36. The van der Waals surface area contributed by atoms with Crippen LogP contribution in [-0.4, -0.2) is 42.4 Å². The van der Waals surface area contributed by atoms with Crippen molar-refractivity contribution in [2.75, 3.05) is 25.5 Å². The van der Waals surface area contributed by atoms with Gasteiger partial charge < -0.3 is 20.0 Å². The van der Waals surface area contributed by atoms with Gasteiger partial charge in [0.25, 0.3) is 5.91 Å². The van der Waals surface area contributed by atoms with E-state index in [9.17, 15) is 14.0 Å². The molecule has 1 fully saturated rings. The van der Waals surface area contributed by atoms with Gasteiger partial charge in [-0.2, -0.15) is 0 Å². The molecule has 0 atom stereocenters. The molecule has 138 valence electrons. The molecule has 2 heterocycles. The molecule has 0 spiro atoms. The molecule has 1 saturated heterocycles. The summed E-state index contributed by atoms with van der Waals surface area (Å²) in [5.41, 5.74) is 0.194. The molecule has 0 bridgehead atoms. The number of hydrogen-bond donors (Lipinski definition) is 2. The number of piperidine rings is 1. The maximum atomic E-state index is 13.5. The Hall–Kier alpha value is -2.83. The number of amides is 2. The molecule has 1 aliphatic rings. The van der Waals surface area contributed by atoms with E-state index in [4.69, 9.17) is 4.42 Å². The third-order valence-corrected chi connectivity index (χ3v) is 4.86. The molecule has 0 unspecified atom stereocenters. The van der Waals surface area contributed by atoms with Crippen LogP contribution in [0.25, 0.3) is 0 Å². The second-order valence-corrected chi connectivity index (χ2v) is 6.48. The smallest absolute Gasteiger partial charge is 0.257 e. The van der Waals surface area contributed by atoms with Crippen LogP contribution in [0.2, 0.25) is 0 Å². The number of hydrogen-bond acceptors (Lipinski definition) is 4. The van der Waals surface area contributed by atoms with Gasteiger partial charge in [-0.05, 0) is 44.0 Å². The quantitative estimate of drug-likeness (QED) is 0.880. The SMILES string of the molecule is CNC(=O)C1(Nc2cccc(F)c2)CCN(C(=O)c2ccoc2C)CC1. The normalized spacial score (nSPS) is 16.2. The van der Waals surface area contributed by atoms with Crippen molar-refractivity contribution < 1.29 is 18.4 Å². The van der Waals surface area contributed by atoms with Crippen LogP contribution in [0.3, 0.4) is 0 Å². The molecule has 0 aliphatic carbocycles. The van der Waals surface area contributed by atoms with Crippen molar-refractivity contribution >= 4 is 17.5 Å². The number of likely N-dealkylation sites (tertiary alicyclic amines) is 1. The van der Waals surface area contributed by atoms with Crippen molar-refractivity contribution in [1.29, 1.82) is 0 Å². The van der Waals surface area contributed by atoms with Gasteiger partial charge >= 0.3 is 0 Å². The van der Waals surface area contributed by atoms with Gasteiger partial charge in [0, 0.05) is 25.8 Å². The number of rotatable bonds is 4. The van der Waals surface area contributed by atoms with Gasteiger partial charge in [-0.1, -0.05) is 6.07 Å². The summed E-state index contributed by atoms with van der Waals surface area (Å²) >= 11 is 0. The van der Waals surface area contributed by atoms with E-state index >= 15 is 0 Å². The number of nitrogens with zero attached hydrogens (tertiary/aromatic N) is 1. The summed E-state index contributed by atoms with van der Waals surface area (Å²) in [4.78, 5) is 26.9. The van der Waals surface area contributed by atoms with E-state index in [1.54, 1.807) is 37.1 Å². The first-order valence-electron chi connectivity index (χ1n) is 8.54. The Balaban J connectivity index is 1.76. The molecule has 1 aromatic heterocycles. The summed E-state index contributed by atoms with van der Waals surface area (Å²) in [6.45, 7) is 2.58. The average Bonchev–Trinajstić information content (AvgIpc) is 3.07. The van der Waals surface area contributed by atoms with Gasteiger partial charge in [-0.25, -0.2) is 4.39 Å². The molecule has 3 rings (SSSR count). The van der Waals surface area contributed by atoms with Crippen LogP contribution >= 0.6 is 0 Å². The lowest BCUT2D eigenvalue weighted by Crippen LogP contribution is -2.58. The molecule has 2 N–H and O–H groups in total. The first kappa shape index (κ1) is 18.0. The molecule has 7 heteroatoms. The van der Waals surface area contributed by atoms with Gasteiger partial charge in [0.05, 0.1) is 11.8 Å². The molecule has 0 saturated carbocycles. The van der Waals surface area contributed by atoms with Crippen molar-refractivity contribution in [2.24, 2.45) is 0 Å². The van der Waals surface area contributed by atoms with Crippen LogP contribution in [0.1, 0.15) is 29.0 Å². The lowest BCUT2D eigenvalue weighted by Gasteiger charge is -2.41. The number of carbonyl (C=O) groups excluding carboxylic acids is 2. The Morgan fingerprint density at radius 1 is 1.23 bits per heavy atom. The molecule has 1 aromatic carbocycles. The Bertz CT molecular complexity index is 810. The lowest BCUT2D eigenvalue weighted by atomic mass is 9.85. The number of aryl methyl sites for hydroxylation is 1. The molecule has 26 heavy (non-hydrogen) atoms. The number of benzene rings is 1. The van der Waals surface area contributed by atoms with Gasteiger partial charge in [0.1, 0.15) is 17.1 Å². The highest BCUT2D eigenvalue weighted by molar-refractivity contribution is 5.96. The van der Waals surface area contributed by atoms with Crippen molar-refractivity contribution in [2.45, 2.75) is 25.3 Å². The number of likely N-dealkylation sites (N-methyl/N-ethyl adjacent to an activating group) is 1. The van der Waals surface area contributed by atoms with Crippen LogP contribution in [0.15, 0.2) is 41.0 Å². The van der Waals surface area contributed by atoms with E-state index in [2.05, 4.69) is 10.6 Å². The van der Waals surface area contributed by atoms with Crippen molar-refractivity contribution in [3.8, 4) is 0 Å². The van der Waals surface area contributed by atoms with Crippen molar-refractivity contribution in [1.82, 2.24) is 10.2 Å². The largest absolute Gasteiger partial charge is 0.469 e. The summed E-state index contributed by atoms with van der Waals surface area (Å²) in [5, 5.41) is 5.86. The van der Waals surface area contributed by atoms with E-state index in [1.807, 2.05) is 0 Å². The monoisotopic (exact) mass is 359 g/mol. The fraction of sp³-hybridized carbons (Fsp3) is 0.368. The zero-order valence-electron chi connectivity index (χ0n) is 14.8. The van der Waals surface area contributed by atoms with Crippen LogP contribution in [0.4, 0.5) is 10.1 Å². The summed E-state index contributed by atoms with van der Waals surface area (Å²) in [6.07, 6.45) is 2.34. The Kier molecular flexibility index (Phi) is 4.97. The zero-order valence-corrected chi connectivity index (χ0v) is 14.8. The van der Waals surface area contributed by atoms with Crippen LogP contribution in [-0.2, 0) is 4.79 Å². The fourth-order valence-electron chi connectivity index (χ4n) is 3.36. The summed E-state index contributed by atoms with van der Waals surface area (Å²) in [6, 6.07) is 7.68. The van der Waals surface area contributed by atoms with Gasteiger partial charge in [0.15, 0.2) is 0 Å². The first-order chi connectivity index (χ1) is 12.4. The molecule has 1 aliphatic heterocycles. The number of furan rings is 1. The van der Waals surface area contributed by atoms with E-state index < -0.39 is 5.54 Å². The van der Waals surface area contributed by atoms with Crippen LogP contribution < -0.4 is 10.6 Å². The van der Waals surface area contributed by atoms with Gasteiger partial charge in [-0.3, -0.25) is 9.59 Å². The van der Waals surface area contributed by atoms with E-state index in [-0.39, 0.29) is 17.6 Å². The van der Waals surface area contributed by atoms with E-state index in [1.165, 1.54) is 18.4 Å². The molecule has 2 amide bonds. The number of nitrogens with one attached hydrogen (secondary N) is 2. The molecular weight excluding hydrogens is 337 g/mol. The highest BCUT2D eigenvalue weighted by atomic mass is 19.1. The molecule has 0 radical (unpaired) electrons. The first-order valence-corrected chi connectivity index (χ1v) is 8.54. The lowest BCUT2D eigenvalue weighted by molar-refractivity contribution is -0.126. The predicted molar refractivity (Wildman–Crippen MR) is 95.4 cm³/mol. The van der Waals surface area contributed by atoms with Crippen molar-refractivity contribution in [3.05, 3.63) is 53.7 Å². The summed E-state index contributed by atoms with van der Waals surface area (Å²) in [7, 11) is 1.57.